The topological polar surface area (TPSA) is 87.5 Å². The lowest BCUT2D eigenvalue weighted by Crippen LogP contribution is -2.40. The van der Waals surface area contributed by atoms with Gasteiger partial charge in [0.2, 0.25) is 6.41 Å². The fourth-order valence-corrected chi connectivity index (χ4v) is 7.11. The number of aliphatic hydroxyl groups is 1. The predicted octanol–water partition coefficient (Wildman–Crippen LogP) is 6.50. The van der Waals surface area contributed by atoms with E-state index < -0.39 is 6.10 Å². The molecule has 7 nitrogen and oxygen atoms in total. The van der Waals surface area contributed by atoms with Crippen molar-refractivity contribution >= 4 is 17.3 Å². The molecule has 2 unspecified atom stereocenters. The number of aryl methyl sites for hydroxylation is 2. The molecule has 0 radical (unpaired) electrons. The summed E-state index contributed by atoms with van der Waals surface area (Å²) in [7, 11) is 0. The van der Waals surface area contributed by atoms with Gasteiger partial charge in [-0.1, -0.05) is 52.7 Å². The van der Waals surface area contributed by atoms with Gasteiger partial charge in [-0.25, -0.2) is 4.98 Å². The molecule has 1 fully saturated rings. The van der Waals surface area contributed by atoms with E-state index in [9.17, 15) is 14.7 Å². The zero-order valence-electron chi connectivity index (χ0n) is 27.3. The Labute approximate surface area is 263 Å². The van der Waals surface area contributed by atoms with Gasteiger partial charge in [-0.3, -0.25) is 9.59 Å². The van der Waals surface area contributed by atoms with Gasteiger partial charge in [0.1, 0.15) is 0 Å². The lowest BCUT2D eigenvalue weighted by atomic mass is 9.94. The summed E-state index contributed by atoms with van der Waals surface area (Å²) in [6.45, 7) is 15.6. The molecule has 0 spiro atoms. The van der Waals surface area contributed by atoms with Crippen molar-refractivity contribution in [3.63, 3.8) is 0 Å². The van der Waals surface area contributed by atoms with Crippen LogP contribution < -0.4 is 10.9 Å². The van der Waals surface area contributed by atoms with Crippen molar-refractivity contribution in [3.05, 3.63) is 75.1 Å². The quantitative estimate of drug-likeness (QED) is 0.0980. The molecule has 2 aromatic heterocycles. The van der Waals surface area contributed by atoms with Crippen LogP contribution in [0.1, 0.15) is 107 Å². The summed E-state index contributed by atoms with van der Waals surface area (Å²) in [6.07, 6.45) is 11.8. The maximum atomic E-state index is 13.6. The Morgan fingerprint density at radius 3 is 2.52 bits per heavy atom. The third-order valence-electron chi connectivity index (χ3n) is 9.27. The molecule has 0 bridgehead atoms. The third-order valence-corrected chi connectivity index (χ3v) is 9.27. The monoisotopic (exact) mass is 600 g/mol. The number of hydrogen-bond acceptors (Lipinski definition) is 5. The Balaban J connectivity index is 0.00000216. The van der Waals surface area contributed by atoms with E-state index in [1.807, 2.05) is 24.5 Å². The minimum atomic E-state index is -0.876. The first-order valence-corrected chi connectivity index (χ1v) is 16.9. The van der Waals surface area contributed by atoms with E-state index >= 15 is 0 Å². The highest BCUT2D eigenvalue weighted by Crippen LogP contribution is 2.37. The highest BCUT2D eigenvalue weighted by molar-refractivity contribution is 5.88. The van der Waals surface area contributed by atoms with E-state index in [4.69, 9.17) is 4.98 Å². The van der Waals surface area contributed by atoms with Gasteiger partial charge in [0.05, 0.1) is 29.6 Å². The van der Waals surface area contributed by atoms with Gasteiger partial charge < -0.3 is 19.9 Å². The number of hydrogen-bond donors (Lipinski definition) is 2. The van der Waals surface area contributed by atoms with E-state index in [2.05, 4.69) is 48.8 Å². The highest BCUT2D eigenvalue weighted by Gasteiger charge is 2.28. The van der Waals surface area contributed by atoms with E-state index in [1.165, 1.54) is 41.9 Å². The van der Waals surface area contributed by atoms with E-state index in [0.29, 0.717) is 30.1 Å². The highest BCUT2D eigenvalue weighted by atomic mass is 16.3. The zero-order valence-corrected chi connectivity index (χ0v) is 27.3. The molecule has 4 heterocycles. The first-order chi connectivity index (χ1) is 21.5. The number of rotatable bonds is 14. The number of fused-ring (bicyclic) bond motifs is 4. The number of amides is 1. The van der Waals surface area contributed by atoms with E-state index in [-0.39, 0.29) is 5.56 Å². The second kappa shape index (κ2) is 16.1. The first-order valence-electron chi connectivity index (χ1n) is 16.9. The van der Waals surface area contributed by atoms with E-state index in [0.717, 1.165) is 87.0 Å². The average Bonchev–Trinajstić information content (AvgIpc) is 3.43. The number of carbonyl (C=O) groups is 1. The maximum absolute atomic E-state index is 13.6. The predicted molar refractivity (Wildman–Crippen MR) is 181 cm³/mol. The van der Waals surface area contributed by atoms with Crippen molar-refractivity contribution in [2.24, 2.45) is 0 Å². The Morgan fingerprint density at radius 1 is 1.07 bits per heavy atom. The average molecular weight is 601 g/mol. The van der Waals surface area contributed by atoms with Gasteiger partial charge in [-0.05, 0) is 99.3 Å². The minimum Gasteiger partial charge on any atom is -0.384 e. The van der Waals surface area contributed by atoms with Crippen LogP contribution in [0.25, 0.3) is 22.3 Å². The van der Waals surface area contributed by atoms with Crippen LogP contribution in [0.2, 0.25) is 0 Å². The molecule has 7 heteroatoms. The molecule has 44 heavy (non-hydrogen) atoms. The van der Waals surface area contributed by atoms with Crippen molar-refractivity contribution < 1.29 is 9.90 Å². The van der Waals surface area contributed by atoms with Gasteiger partial charge in [0.25, 0.3) is 5.56 Å². The minimum absolute atomic E-state index is 0.0262. The number of nitrogens with zero attached hydrogens (tertiary/aromatic N) is 3. The summed E-state index contributed by atoms with van der Waals surface area (Å²) in [4.78, 5) is 32.2. The van der Waals surface area contributed by atoms with Crippen LogP contribution in [0.3, 0.4) is 0 Å². The van der Waals surface area contributed by atoms with Crippen molar-refractivity contribution in [3.8, 4) is 11.4 Å². The van der Waals surface area contributed by atoms with Gasteiger partial charge in [-0.2, -0.15) is 0 Å². The lowest BCUT2D eigenvalue weighted by Gasteiger charge is -2.34. The molecule has 5 rings (SSSR count). The van der Waals surface area contributed by atoms with Crippen LogP contribution in [0.5, 0.6) is 0 Å². The molecule has 0 saturated carbocycles. The van der Waals surface area contributed by atoms with Crippen LogP contribution >= 0.6 is 0 Å². The molecule has 1 amide bonds. The van der Waals surface area contributed by atoms with Crippen molar-refractivity contribution in [2.75, 3.05) is 19.6 Å². The molecule has 1 saturated heterocycles. The molecular weight excluding hydrogens is 548 g/mol. The van der Waals surface area contributed by atoms with Gasteiger partial charge in [0.15, 0.2) is 0 Å². The fraction of sp³-hybridized carbons (Fsp3) is 0.541. The summed E-state index contributed by atoms with van der Waals surface area (Å²) < 4.78 is 1.85. The third kappa shape index (κ3) is 7.16. The Morgan fingerprint density at radius 2 is 1.84 bits per heavy atom. The Kier molecular flexibility index (Phi) is 12.3. The lowest BCUT2D eigenvalue weighted by molar-refractivity contribution is -0.109. The number of aliphatic hydroxyl groups excluding tert-OH is 1. The molecule has 3 aromatic rings. The molecule has 2 aliphatic rings. The number of aromatic nitrogens is 2. The van der Waals surface area contributed by atoms with Gasteiger partial charge in [0, 0.05) is 29.1 Å². The molecular formula is C37H52N4O3. The maximum Gasteiger partial charge on any atom is 0.254 e. The van der Waals surface area contributed by atoms with Crippen LogP contribution in [-0.4, -0.2) is 51.6 Å². The standard InChI is InChI=1S/C35H46N4O3.C2H6/c1-4-11-27-29(33(41)6-3)21-32-34-30(22-39(32)35(27)42)26(5-2)28-20-24(14-15-31(28)37-34)12-10-13-25(16-17-36-23-40)38-18-8-7-9-19-38;1-2/h6,14-15,20-21,23,25,33,41H,3-5,7-13,16-19,22H2,1-2H3,(H,36,40);1-2H3. The van der Waals surface area contributed by atoms with Crippen molar-refractivity contribution in [1.82, 2.24) is 19.8 Å². The largest absolute Gasteiger partial charge is 0.384 e. The van der Waals surface area contributed by atoms with Crippen LogP contribution in [0.4, 0.5) is 0 Å². The van der Waals surface area contributed by atoms with Gasteiger partial charge in [-0.15, -0.1) is 6.58 Å². The summed E-state index contributed by atoms with van der Waals surface area (Å²) in [6, 6.07) is 9.11. The number of pyridine rings is 2. The molecule has 2 aliphatic heterocycles. The number of carbonyl (C=O) groups excluding carboxylic acids is 1. The molecule has 2 N–H and O–H groups in total. The number of likely N-dealkylation sites (tertiary alicyclic amines) is 1. The first kappa shape index (κ1) is 33.6. The SMILES string of the molecule is C=CC(O)c1cc2n(c(=O)c1CCC)Cc1c-2nc2ccc(CCCC(CCNC=O)N3CCCCC3)cc2c1CC.CC. The number of nitrogens with one attached hydrogen (secondary N) is 1. The summed E-state index contributed by atoms with van der Waals surface area (Å²) in [5.41, 5.74) is 7.60. The fourth-order valence-electron chi connectivity index (χ4n) is 7.11. The van der Waals surface area contributed by atoms with Crippen LogP contribution in [0.15, 0.2) is 41.7 Å². The normalized spacial score (nSPS) is 15.6. The van der Waals surface area contributed by atoms with Crippen LogP contribution in [-0.2, 0) is 30.6 Å². The van der Waals surface area contributed by atoms with Crippen molar-refractivity contribution in [1.29, 1.82) is 0 Å². The summed E-state index contributed by atoms with van der Waals surface area (Å²) in [5, 5.41) is 14.7. The number of benzene rings is 1. The molecule has 238 valence electrons. The van der Waals surface area contributed by atoms with Crippen LogP contribution in [0, 0.1) is 0 Å². The second-order valence-electron chi connectivity index (χ2n) is 11.9. The van der Waals surface area contributed by atoms with Gasteiger partial charge >= 0.3 is 0 Å². The smallest absolute Gasteiger partial charge is 0.254 e. The summed E-state index contributed by atoms with van der Waals surface area (Å²) >= 11 is 0. The number of piperidine rings is 1. The summed E-state index contributed by atoms with van der Waals surface area (Å²) in [5.74, 6) is 0. The van der Waals surface area contributed by atoms with Crippen molar-refractivity contribution in [2.45, 2.75) is 111 Å². The molecule has 0 aliphatic carbocycles. The molecule has 1 aromatic carbocycles. The second-order valence-corrected chi connectivity index (χ2v) is 11.9. The van der Waals surface area contributed by atoms with E-state index in [1.54, 1.807) is 0 Å². The Bertz CT molecular complexity index is 1490. The molecule has 2 atom stereocenters. The Hall–Kier alpha value is -3.29. The zero-order chi connectivity index (χ0) is 31.6.